The van der Waals surface area contributed by atoms with Crippen LogP contribution in [0.3, 0.4) is 0 Å². The van der Waals surface area contributed by atoms with E-state index < -0.39 is 10.0 Å². The molecule has 1 saturated heterocycles. The van der Waals surface area contributed by atoms with E-state index in [1.807, 2.05) is 19.4 Å². The highest BCUT2D eigenvalue weighted by Crippen LogP contribution is 2.25. The Labute approximate surface area is 118 Å². The second kappa shape index (κ2) is 5.88. The van der Waals surface area contributed by atoms with E-state index in [0.29, 0.717) is 30.3 Å². The van der Waals surface area contributed by atoms with Crippen molar-refractivity contribution in [3.05, 3.63) is 17.0 Å². The molecule has 1 aliphatic rings. The molecule has 1 aromatic rings. The lowest BCUT2D eigenvalue weighted by Crippen LogP contribution is -2.53. The summed E-state index contributed by atoms with van der Waals surface area (Å²) in [6.07, 6.45) is 0.603. The van der Waals surface area contributed by atoms with Crippen molar-refractivity contribution in [3.8, 4) is 0 Å². The van der Waals surface area contributed by atoms with Gasteiger partial charge >= 0.3 is 0 Å². The molecule has 1 N–H and O–H groups in total. The Balaban J connectivity index is 2.17. The second-order valence-corrected chi connectivity index (χ2v) is 8.03. The fourth-order valence-corrected chi connectivity index (χ4v) is 5.11. The van der Waals surface area contributed by atoms with Gasteiger partial charge in [-0.3, -0.25) is 0 Å². The van der Waals surface area contributed by atoms with E-state index in [1.54, 1.807) is 10.4 Å². The molecular weight excluding hydrogens is 284 g/mol. The van der Waals surface area contributed by atoms with Crippen LogP contribution >= 0.6 is 11.3 Å². The number of hydrogen-bond donors (Lipinski definition) is 1. The van der Waals surface area contributed by atoms with Crippen molar-refractivity contribution in [2.75, 3.05) is 33.3 Å². The monoisotopic (exact) mass is 304 g/mol. The van der Waals surface area contributed by atoms with Crippen LogP contribution in [0.5, 0.6) is 0 Å². The lowest BCUT2D eigenvalue weighted by molar-refractivity contribution is 0.120. The first-order valence-corrected chi connectivity index (χ1v) is 8.63. The van der Waals surface area contributed by atoms with Crippen LogP contribution in [0.15, 0.2) is 15.7 Å². The van der Waals surface area contributed by atoms with Crippen molar-refractivity contribution in [1.29, 1.82) is 0 Å². The van der Waals surface area contributed by atoms with E-state index in [1.165, 1.54) is 11.3 Å². The van der Waals surface area contributed by atoms with Gasteiger partial charge in [0, 0.05) is 32.3 Å². The van der Waals surface area contributed by atoms with Crippen LogP contribution in [-0.2, 0) is 10.0 Å². The third-order valence-electron chi connectivity index (χ3n) is 3.50. The minimum Gasteiger partial charge on any atom is -0.396 e. The summed E-state index contributed by atoms with van der Waals surface area (Å²) in [5, 5.41) is 10.9. The Hall–Kier alpha value is -0.470. The first-order valence-electron chi connectivity index (χ1n) is 6.31. The molecule has 0 aromatic carbocycles. The van der Waals surface area contributed by atoms with Gasteiger partial charge in [0.25, 0.3) is 10.0 Å². The first-order chi connectivity index (χ1) is 8.95. The number of sulfonamides is 1. The summed E-state index contributed by atoms with van der Waals surface area (Å²) in [4.78, 5) is 2.11. The van der Waals surface area contributed by atoms with Gasteiger partial charge < -0.3 is 10.0 Å². The van der Waals surface area contributed by atoms with Crippen LogP contribution in [0.1, 0.15) is 12.0 Å². The fraction of sp³-hybridized carbons (Fsp3) is 0.667. The Kier molecular flexibility index (Phi) is 4.62. The van der Waals surface area contributed by atoms with Crippen LogP contribution in [-0.4, -0.2) is 62.1 Å². The fourth-order valence-electron chi connectivity index (χ4n) is 2.26. The quantitative estimate of drug-likeness (QED) is 0.891. The lowest BCUT2D eigenvalue weighted by Gasteiger charge is -2.38. The lowest BCUT2D eigenvalue weighted by atomic mass is 10.1. The van der Waals surface area contributed by atoms with Gasteiger partial charge in [-0.1, -0.05) is 0 Å². The van der Waals surface area contributed by atoms with Crippen LogP contribution in [0.4, 0.5) is 0 Å². The van der Waals surface area contributed by atoms with Crippen LogP contribution < -0.4 is 0 Å². The van der Waals surface area contributed by atoms with Crippen molar-refractivity contribution in [2.24, 2.45) is 0 Å². The minimum atomic E-state index is -3.37. The molecule has 0 spiro atoms. The van der Waals surface area contributed by atoms with Crippen molar-refractivity contribution >= 4 is 21.4 Å². The summed E-state index contributed by atoms with van der Waals surface area (Å²) >= 11 is 1.27. The van der Waals surface area contributed by atoms with Gasteiger partial charge in [0.2, 0.25) is 0 Å². The number of nitrogens with zero attached hydrogens (tertiary/aromatic N) is 2. The molecule has 0 saturated carbocycles. The van der Waals surface area contributed by atoms with E-state index >= 15 is 0 Å². The Morgan fingerprint density at radius 3 is 2.79 bits per heavy atom. The SMILES string of the molecule is Cc1csc(S(=O)(=O)N2CCN(C)C(CCO)C2)c1. The molecule has 0 radical (unpaired) electrons. The highest BCUT2D eigenvalue weighted by atomic mass is 32.2. The smallest absolute Gasteiger partial charge is 0.252 e. The van der Waals surface area contributed by atoms with Crippen molar-refractivity contribution in [2.45, 2.75) is 23.6 Å². The molecule has 1 aromatic heterocycles. The summed E-state index contributed by atoms with van der Waals surface area (Å²) in [6.45, 7) is 3.65. The molecule has 0 amide bonds. The van der Waals surface area contributed by atoms with Gasteiger partial charge in [-0.25, -0.2) is 8.42 Å². The van der Waals surface area contributed by atoms with E-state index in [4.69, 9.17) is 5.11 Å². The standard InChI is InChI=1S/C12H20N2O3S2/c1-10-7-12(18-9-10)19(16,17)14-5-4-13(2)11(8-14)3-6-15/h7,9,11,15H,3-6,8H2,1-2H3. The molecule has 1 atom stereocenters. The number of aliphatic hydroxyl groups excluding tert-OH is 1. The number of thiophene rings is 1. The summed E-state index contributed by atoms with van der Waals surface area (Å²) in [7, 11) is -1.40. The Morgan fingerprint density at radius 2 is 2.21 bits per heavy atom. The van der Waals surface area contributed by atoms with Gasteiger partial charge in [0.05, 0.1) is 0 Å². The second-order valence-electron chi connectivity index (χ2n) is 4.95. The van der Waals surface area contributed by atoms with Gasteiger partial charge in [-0.15, -0.1) is 11.3 Å². The van der Waals surface area contributed by atoms with E-state index in [9.17, 15) is 8.42 Å². The molecule has 0 aliphatic carbocycles. The number of aryl methyl sites for hydroxylation is 1. The molecule has 0 bridgehead atoms. The molecule has 2 rings (SSSR count). The van der Waals surface area contributed by atoms with Crippen molar-refractivity contribution in [1.82, 2.24) is 9.21 Å². The highest BCUT2D eigenvalue weighted by molar-refractivity contribution is 7.91. The van der Waals surface area contributed by atoms with Gasteiger partial charge in [0.15, 0.2) is 0 Å². The molecule has 1 aliphatic heterocycles. The summed E-state index contributed by atoms with van der Waals surface area (Å²) in [5.74, 6) is 0. The molecule has 108 valence electrons. The van der Waals surface area contributed by atoms with Gasteiger partial charge in [0.1, 0.15) is 4.21 Å². The average Bonchev–Trinajstić information content (AvgIpc) is 2.79. The van der Waals surface area contributed by atoms with E-state index in [0.717, 1.165) is 5.56 Å². The molecule has 2 heterocycles. The molecule has 5 nitrogen and oxygen atoms in total. The molecule has 7 heteroatoms. The molecule has 19 heavy (non-hydrogen) atoms. The predicted molar refractivity (Wildman–Crippen MR) is 75.9 cm³/mol. The third-order valence-corrected chi connectivity index (χ3v) is 6.90. The van der Waals surface area contributed by atoms with Crippen molar-refractivity contribution < 1.29 is 13.5 Å². The topological polar surface area (TPSA) is 60.9 Å². The van der Waals surface area contributed by atoms with Gasteiger partial charge in [-0.2, -0.15) is 4.31 Å². The van der Waals surface area contributed by atoms with Crippen LogP contribution in [0.2, 0.25) is 0 Å². The molecule has 1 fully saturated rings. The van der Waals surface area contributed by atoms with Crippen LogP contribution in [0.25, 0.3) is 0 Å². The maximum absolute atomic E-state index is 12.5. The predicted octanol–water partition coefficient (Wildman–Crippen LogP) is 0.744. The van der Waals surface area contributed by atoms with E-state index in [-0.39, 0.29) is 12.6 Å². The number of piperazine rings is 1. The zero-order valence-electron chi connectivity index (χ0n) is 11.2. The van der Waals surface area contributed by atoms with E-state index in [2.05, 4.69) is 4.90 Å². The summed E-state index contributed by atoms with van der Waals surface area (Å²) in [5.41, 5.74) is 0.976. The minimum absolute atomic E-state index is 0.0843. The molecular formula is C12H20N2O3S2. The number of hydrogen-bond acceptors (Lipinski definition) is 5. The maximum atomic E-state index is 12.5. The molecule has 1 unspecified atom stereocenters. The number of aliphatic hydroxyl groups is 1. The van der Waals surface area contributed by atoms with Gasteiger partial charge in [-0.05, 0) is 37.4 Å². The maximum Gasteiger partial charge on any atom is 0.252 e. The Morgan fingerprint density at radius 1 is 1.47 bits per heavy atom. The highest BCUT2D eigenvalue weighted by Gasteiger charge is 2.33. The average molecular weight is 304 g/mol. The zero-order valence-corrected chi connectivity index (χ0v) is 12.9. The first kappa shape index (κ1) is 14.9. The number of rotatable bonds is 4. The zero-order chi connectivity index (χ0) is 14.0. The third kappa shape index (κ3) is 3.17. The largest absolute Gasteiger partial charge is 0.396 e. The van der Waals surface area contributed by atoms with Crippen molar-refractivity contribution in [3.63, 3.8) is 0 Å². The Bertz CT molecular complexity index is 527. The normalized spacial score (nSPS) is 22.8. The van der Waals surface area contributed by atoms with Crippen LogP contribution in [0, 0.1) is 6.92 Å². The summed E-state index contributed by atoms with van der Waals surface area (Å²) in [6, 6.07) is 1.81. The number of likely N-dealkylation sites (N-methyl/N-ethyl adjacent to an activating group) is 1. The summed E-state index contributed by atoms with van der Waals surface area (Å²) < 4.78 is 27.0.